The molecule has 2 aliphatic heterocycles. The largest absolute Gasteiger partial charge is 0.366 e. The third-order valence-corrected chi connectivity index (χ3v) is 5.15. The molecule has 1 aliphatic carbocycles. The Kier molecular flexibility index (Phi) is 3.72. The Morgan fingerprint density at radius 2 is 2.16 bits per heavy atom. The Morgan fingerprint density at radius 3 is 2.84 bits per heavy atom. The van der Waals surface area contributed by atoms with Crippen LogP contribution in [-0.2, 0) is 0 Å². The Hall–Kier alpha value is -2.47. The number of hydrazine groups is 1. The fraction of sp³-hybridized carbons (Fsp3) is 0.368. The Labute approximate surface area is 146 Å². The number of hydrogen-bond donors (Lipinski definition) is 1. The van der Waals surface area contributed by atoms with Gasteiger partial charge in [0, 0.05) is 23.8 Å². The summed E-state index contributed by atoms with van der Waals surface area (Å²) in [4.78, 5) is 16.1. The molecule has 6 heteroatoms. The molecule has 1 aromatic carbocycles. The molecule has 130 valence electrons. The second-order valence-corrected chi connectivity index (χ2v) is 6.92. The number of halogens is 1. The summed E-state index contributed by atoms with van der Waals surface area (Å²) in [6, 6.07) is 4.84. The molecule has 1 amide bonds. The molecule has 2 heterocycles. The molecule has 4 rings (SSSR count). The number of aliphatic imine (C=N–C) groups is 1. The number of amides is 1. The number of nitrogens with zero attached hydrogens (tertiary/aromatic N) is 3. The van der Waals surface area contributed by atoms with Gasteiger partial charge >= 0.3 is 0 Å². The summed E-state index contributed by atoms with van der Waals surface area (Å²) < 4.78 is 13.7. The van der Waals surface area contributed by atoms with Crippen molar-refractivity contribution < 1.29 is 9.18 Å². The first-order chi connectivity index (χ1) is 12.0. The summed E-state index contributed by atoms with van der Waals surface area (Å²) in [6.45, 7) is 5.14. The molecule has 1 fully saturated rings. The van der Waals surface area contributed by atoms with Crippen molar-refractivity contribution in [3.63, 3.8) is 0 Å². The van der Waals surface area contributed by atoms with Crippen LogP contribution in [-0.4, -0.2) is 34.2 Å². The Bertz CT molecular complexity index is 838. The number of nitrogens with two attached hydrogens (primary N) is 1. The standard InChI is InChI=1S/C19H21FN4O/c1-11-9-17(14-5-6-16(20)15(10-14)19(21)25)22-18-7-8-23(24(11)18)12(2)13-3-4-13/h5-7,9-10,12-13H,3-4,8H2,1-2H3,(H2,21,25)/t12-/m0/s1. The van der Waals surface area contributed by atoms with E-state index in [4.69, 9.17) is 10.7 Å². The second kappa shape index (κ2) is 5.81. The van der Waals surface area contributed by atoms with E-state index < -0.39 is 11.7 Å². The smallest absolute Gasteiger partial charge is 0.251 e. The number of carbonyl (C=O) groups excluding carboxylic acids is 1. The van der Waals surface area contributed by atoms with Crippen LogP contribution in [0.3, 0.4) is 0 Å². The highest BCUT2D eigenvalue weighted by molar-refractivity contribution is 6.11. The summed E-state index contributed by atoms with van der Waals surface area (Å²) >= 11 is 0. The van der Waals surface area contributed by atoms with E-state index in [9.17, 15) is 9.18 Å². The molecule has 1 aromatic rings. The van der Waals surface area contributed by atoms with E-state index in [0.717, 1.165) is 24.0 Å². The fourth-order valence-electron chi connectivity index (χ4n) is 3.56. The van der Waals surface area contributed by atoms with Crippen LogP contribution in [0.1, 0.15) is 42.6 Å². The second-order valence-electron chi connectivity index (χ2n) is 6.92. The van der Waals surface area contributed by atoms with Crippen molar-refractivity contribution in [2.24, 2.45) is 16.6 Å². The molecular weight excluding hydrogens is 319 g/mol. The first kappa shape index (κ1) is 16.0. The first-order valence-electron chi connectivity index (χ1n) is 8.59. The zero-order valence-electron chi connectivity index (χ0n) is 14.4. The van der Waals surface area contributed by atoms with Crippen molar-refractivity contribution in [1.29, 1.82) is 0 Å². The lowest BCUT2D eigenvalue weighted by Gasteiger charge is -2.37. The summed E-state index contributed by atoms with van der Waals surface area (Å²) in [6.07, 6.45) is 6.66. The van der Waals surface area contributed by atoms with Crippen molar-refractivity contribution in [3.8, 4) is 0 Å². The van der Waals surface area contributed by atoms with Gasteiger partial charge in [-0.25, -0.2) is 14.4 Å². The van der Waals surface area contributed by atoms with E-state index >= 15 is 0 Å². The first-order valence-corrected chi connectivity index (χ1v) is 8.59. The summed E-state index contributed by atoms with van der Waals surface area (Å²) in [5.41, 5.74) is 7.60. The zero-order valence-corrected chi connectivity index (χ0v) is 14.4. The third-order valence-electron chi connectivity index (χ3n) is 5.15. The monoisotopic (exact) mass is 340 g/mol. The van der Waals surface area contributed by atoms with Gasteiger partial charge in [-0.15, -0.1) is 0 Å². The molecule has 1 atom stereocenters. The Morgan fingerprint density at radius 1 is 1.40 bits per heavy atom. The van der Waals surface area contributed by atoms with Crippen molar-refractivity contribution in [2.75, 3.05) is 6.54 Å². The van der Waals surface area contributed by atoms with Gasteiger partial charge in [-0.05, 0) is 63.0 Å². The van der Waals surface area contributed by atoms with Crippen molar-refractivity contribution in [3.05, 3.63) is 58.8 Å². The predicted octanol–water partition coefficient (Wildman–Crippen LogP) is 2.80. The van der Waals surface area contributed by atoms with E-state index in [1.165, 1.54) is 25.0 Å². The third kappa shape index (κ3) is 2.76. The molecule has 1 saturated carbocycles. The van der Waals surface area contributed by atoms with Crippen molar-refractivity contribution in [2.45, 2.75) is 32.7 Å². The molecule has 2 N–H and O–H groups in total. The van der Waals surface area contributed by atoms with Crippen LogP contribution in [0.15, 0.2) is 46.9 Å². The molecule has 0 radical (unpaired) electrons. The number of benzene rings is 1. The lowest BCUT2D eigenvalue weighted by molar-refractivity contribution is 0.0236. The maximum absolute atomic E-state index is 13.7. The van der Waals surface area contributed by atoms with Gasteiger partial charge in [0.2, 0.25) is 0 Å². The van der Waals surface area contributed by atoms with E-state index in [1.54, 1.807) is 6.07 Å². The van der Waals surface area contributed by atoms with E-state index in [1.807, 2.05) is 13.0 Å². The maximum atomic E-state index is 13.7. The highest BCUT2D eigenvalue weighted by Crippen LogP contribution is 2.39. The van der Waals surface area contributed by atoms with Gasteiger partial charge in [0.1, 0.15) is 11.6 Å². The van der Waals surface area contributed by atoms with Crippen LogP contribution >= 0.6 is 0 Å². The number of carbonyl (C=O) groups is 1. The molecule has 0 aromatic heterocycles. The summed E-state index contributed by atoms with van der Waals surface area (Å²) in [5, 5.41) is 4.50. The van der Waals surface area contributed by atoms with Gasteiger partial charge in [-0.3, -0.25) is 9.80 Å². The number of primary amides is 1. The van der Waals surface area contributed by atoms with E-state index in [0.29, 0.717) is 17.3 Å². The highest BCUT2D eigenvalue weighted by atomic mass is 19.1. The van der Waals surface area contributed by atoms with Crippen molar-refractivity contribution >= 4 is 11.6 Å². The molecule has 0 saturated heterocycles. The number of fused-ring (bicyclic) bond motifs is 1. The molecular formula is C19H21FN4O. The van der Waals surface area contributed by atoms with Gasteiger partial charge in [0.25, 0.3) is 5.91 Å². The van der Waals surface area contributed by atoms with Crippen LogP contribution < -0.4 is 5.73 Å². The molecule has 5 nitrogen and oxygen atoms in total. The number of allylic oxidation sites excluding steroid dienone is 2. The van der Waals surface area contributed by atoms with Crippen LogP contribution in [0, 0.1) is 11.7 Å². The summed E-state index contributed by atoms with van der Waals surface area (Å²) in [7, 11) is 0. The predicted molar refractivity (Wildman–Crippen MR) is 94.0 cm³/mol. The molecule has 0 bridgehead atoms. The molecule has 3 aliphatic rings. The average Bonchev–Trinajstić information content (AvgIpc) is 3.33. The normalized spacial score (nSPS) is 21.4. The van der Waals surface area contributed by atoms with Gasteiger partial charge < -0.3 is 5.73 Å². The topological polar surface area (TPSA) is 61.9 Å². The number of hydrogen-bond acceptors (Lipinski definition) is 4. The molecule has 0 spiro atoms. The highest BCUT2D eigenvalue weighted by Gasteiger charge is 2.38. The number of rotatable bonds is 4. The van der Waals surface area contributed by atoms with Gasteiger partial charge in [0.15, 0.2) is 0 Å². The van der Waals surface area contributed by atoms with Gasteiger partial charge in [-0.2, -0.15) is 0 Å². The minimum Gasteiger partial charge on any atom is -0.366 e. The van der Waals surface area contributed by atoms with E-state index in [2.05, 4.69) is 23.0 Å². The molecule has 25 heavy (non-hydrogen) atoms. The fourth-order valence-corrected chi connectivity index (χ4v) is 3.56. The SMILES string of the molecule is CC1=CC(c2ccc(F)c(C(N)=O)c2)=NC2=CCN([C@@H](C)C3CC3)N12. The minimum absolute atomic E-state index is 0.113. The van der Waals surface area contributed by atoms with Gasteiger partial charge in [0.05, 0.1) is 11.3 Å². The minimum atomic E-state index is -0.775. The lowest BCUT2D eigenvalue weighted by Crippen LogP contribution is -2.44. The van der Waals surface area contributed by atoms with Crippen LogP contribution in [0.4, 0.5) is 4.39 Å². The van der Waals surface area contributed by atoms with Crippen LogP contribution in [0.5, 0.6) is 0 Å². The van der Waals surface area contributed by atoms with Crippen molar-refractivity contribution in [1.82, 2.24) is 10.0 Å². The van der Waals surface area contributed by atoms with E-state index in [-0.39, 0.29) is 5.56 Å². The van der Waals surface area contributed by atoms with Crippen LogP contribution in [0.2, 0.25) is 0 Å². The lowest BCUT2D eigenvalue weighted by atomic mass is 10.0. The summed E-state index contributed by atoms with van der Waals surface area (Å²) in [5.74, 6) is 0.260. The Balaban J connectivity index is 1.65. The average molecular weight is 340 g/mol. The molecule has 0 unspecified atom stereocenters. The zero-order chi connectivity index (χ0) is 17.7. The van der Waals surface area contributed by atoms with Gasteiger partial charge in [-0.1, -0.05) is 0 Å². The van der Waals surface area contributed by atoms with Crippen LogP contribution in [0.25, 0.3) is 0 Å². The quantitative estimate of drug-likeness (QED) is 0.917. The maximum Gasteiger partial charge on any atom is 0.251 e.